The summed E-state index contributed by atoms with van der Waals surface area (Å²) in [5.74, 6) is -5.11. The van der Waals surface area contributed by atoms with Gasteiger partial charge in [0.25, 0.3) is 5.56 Å². The van der Waals surface area contributed by atoms with Gasteiger partial charge in [0.2, 0.25) is 5.82 Å². The van der Waals surface area contributed by atoms with Crippen LogP contribution in [-0.4, -0.2) is 23.6 Å². The van der Waals surface area contributed by atoms with Gasteiger partial charge in [-0.25, -0.2) is 13.3 Å². The quantitative estimate of drug-likeness (QED) is 0.618. The average Bonchev–Trinajstić information content (AvgIpc) is 2.69. The van der Waals surface area contributed by atoms with Crippen LogP contribution in [0.4, 0.5) is 24.7 Å². The Hall–Kier alpha value is -3.20. The van der Waals surface area contributed by atoms with Gasteiger partial charge >= 0.3 is 6.01 Å². The summed E-state index contributed by atoms with van der Waals surface area (Å²) in [7, 11) is 3.05. The lowest BCUT2D eigenvalue weighted by Crippen LogP contribution is -2.25. The average molecular weight is 411 g/mol. The lowest BCUT2D eigenvalue weighted by atomic mass is 10.3. The van der Waals surface area contributed by atoms with Gasteiger partial charge in [-0.05, 0) is 36.4 Å². The smallest absolute Gasteiger partial charge is 0.311 e. The zero-order valence-corrected chi connectivity index (χ0v) is 15.4. The summed E-state index contributed by atoms with van der Waals surface area (Å²) >= 11 is 5.88. The number of halogens is 4. The summed E-state index contributed by atoms with van der Waals surface area (Å²) in [6.45, 7) is 0. The van der Waals surface area contributed by atoms with E-state index in [0.29, 0.717) is 16.8 Å². The summed E-state index contributed by atoms with van der Waals surface area (Å²) in [6, 6.07) is 7.38. The highest BCUT2D eigenvalue weighted by Crippen LogP contribution is 2.29. The van der Waals surface area contributed by atoms with Gasteiger partial charge in [0.1, 0.15) is 5.69 Å². The summed E-state index contributed by atoms with van der Waals surface area (Å²) in [5.41, 5.74) is -0.128. The zero-order chi connectivity index (χ0) is 20.4. The molecular formula is C18H14ClF3N4O2. The SMILES string of the molecule is CNc1nc(Oc2ccc(F)c(F)c2F)n(-c2ccc(Cl)cc2)c(=O)c1NC. The van der Waals surface area contributed by atoms with E-state index in [-0.39, 0.29) is 17.5 Å². The van der Waals surface area contributed by atoms with Crippen molar-refractivity contribution in [1.29, 1.82) is 0 Å². The molecule has 146 valence electrons. The van der Waals surface area contributed by atoms with Crippen LogP contribution < -0.4 is 20.9 Å². The maximum atomic E-state index is 14.1. The fourth-order valence-electron chi connectivity index (χ4n) is 2.48. The van der Waals surface area contributed by atoms with Crippen LogP contribution in [0.15, 0.2) is 41.2 Å². The molecule has 2 N–H and O–H groups in total. The van der Waals surface area contributed by atoms with Crippen LogP contribution in [0.3, 0.4) is 0 Å². The standard InChI is InChI=1S/C18H14ClF3N4O2/c1-23-15-16(24-2)25-18(28-12-8-7-11(20)13(21)14(12)22)26(17(15)27)10-5-3-9(19)4-6-10/h3-8,23-24H,1-2H3. The number of anilines is 2. The summed E-state index contributed by atoms with van der Waals surface area (Å²) in [4.78, 5) is 17.1. The molecule has 28 heavy (non-hydrogen) atoms. The van der Waals surface area contributed by atoms with Crippen LogP contribution in [0.5, 0.6) is 11.8 Å². The van der Waals surface area contributed by atoms with E-state index in [0.717, 1.165) is 10.6 Å². The Labute approximate surface area is 162 Å². The molecule has 10 heteroatoms. The van der Waals surface area contributed by atoms with E-state index >= 15 is 0 Å². The molecule has 0 aliphatic heterocycles. The number of rotatable bonds is 5. The van der Waals surface area contributed by atoms with Gasteiger partial charge in [0, 0.05) is 19.1 Å². The topological polar surface area (TPSA) is 68.2 Å². The number of nitrogens with one attached hydrogen (secondary N) is 2. The molecule has 0 aliphatic rings. The van der Waals surface area contributed by atoms with Crippen molar-refractivity contribution in [3.63, 3.8) is 0 Å². The zero-order valence-electron chi connectivity index (χ0n) is 14.7. The van der Waals surface area contributed by atoms with Crippen molar-refractivity contribution in [2.75, 3.05) is 24.7 Å². The molecule has 0 fully saturated rings. The van der Waals surface area contributed by atoms with Gasteiger partial charge in [0.05, 0.1) is 5.69 Å². The van der Waals surface area contributed by atoms with Crippen molar-refractivity contribution >= 4 is 23.1 Å². The van der Waals surface area contributed by atoms with Gasteiger partial charge < -0.3 is 15.4 Å². The molecule has 0 bridgehead atoms. The second-order valence-corrected chi connectivity index (χ2v) is 5.95. The minimum absolute atomic E-state index is 0.121. The molecule has 0 saturated carbocycles. The van der Waals surface area contributed by atoms with Crippen molar-refractivity contribution in [3.05, 3.63) is 69.2 Å². The first-order valence-electron chi connectivity index (χ1n) is 7.97. The first kappa shape index (κ1) is 19.6. The molecular weight excluding hydrogens is 397 g/mol. The maximum Gasteiger partial charge on any atom is 0.311 e. The molecule has 0 spiro atoms. The fourth-order valence-corrected chi connectivity index (χ4v) is 2.61. The first-order chi connectivity index (χ1) is 13.4. The molecule has 3 rings (SSSR count). The fraction of sp³-hybridized carbons (Fsp3) is 0.111. The maximum absolute atomic E-state index is 14.1. The van der Waals surface area contributed by atoms with E-state index in [4.69, 9.17) is 16.3 Å². The third kappa shape index (κ3) is 3.48. The van der Waals surface area contributed by atoms with E-state index in [1.54, 1.807) is 0 Å². The van der Waals surface area contributed by atoms with E-state index in [9.17, 15) is 18.0 Å². The summed E-state index contributed by atoms with van der Waals surface area (Å²) in [6.07, 6.45) is 0. The van der Waals surface area contributed by atoms with Crippen LogP contribution in [0.2, 0.25) is 5.02 Å². The van der Waals surface area contributed by atoms with Crippen LogP contribution in [0, 0.1) is 17.5 Å². The lowest BCUT2D eigenvalue weighted by Gasteiger charge is -2.17. The van der Waals surface area contributed by atoms with Gasteiger partial charge in [-0.3, -0.25) is 4.79 Å². The summed E-state index contributed by atoms with van der Waals surface area (Å²) < 4.78 is 47.2. The van der Waals surface area contributed by atoms with Crippen molar-refractivity contribution in [3.8, 4) is 17.4 Å². The lowest BCUT2D eigenvalue weighted by molar-refractivity contribution is 0.370. The number of ether oxygens (including phenoxy) is 1. The van der Waals surface area contributed by atoms with Crippen molar-refractivity contribution in [1.82, 2.24) is 9.55 Å². The monoisotopic (exact) mass is 410 g/mol. The largest absolute Gasteiger partial charge is 0.422 e. The number of benzene rings is 2. The van der Waals surface area contributed by atoms with Crippen LogP contribution in [0.1, 0.15) is 0 Å². The van der Waals surface area contributed by atoms with Crippen molar-refractivity contribution < 1.29 is 17.9 Å². The molecule has 6 nitrogen and oxygen atoms in total. The van der Waals surface area contributed by atoms with Gasteiger partial charge in [0.15, 0.2) is 23.2 Å². The number of hydrogen-bond donors (Lipinski definition) is 2. The Kier molecular flexibility index (Phi) is 5.46. The second-order valence-electron chi connectivity index (χ2n) is 5.51. The number of hydrogen-bond acceptors (Lipinski definition) is 5. The molecule has 0 amide bonds. The minimum atomic E-state index is -1.70. The molecule has 0 unspecified atom stereocenters. The van der Waals surface area contributed by atoms with Crippen LogP contribution in [-0.2, 0) is 0 Å². The van der Waals surface area contributed by atoms with Crippen molar-refractivity contribution in [2.24, 2.45) is 0 Å². The second kappa shape index (κ2) is 7.81. The molecule has 1 heterocycles. The Bertz CT molecular complexity index is 1090. The first-order valence-corrected chi connectivity index (χ1v) is 8.35. The Morgan fingerprint density at radius 2 is 1.68 bits per heavy atom. The number of nitrogens with zero attached hydrogens (tertiary/aromatic N) is 2. The molecule has 0 radical (unpaired) electrons. The highest BCUT2D eigenvalue weighted by molar-refractivity contribution is 6.30. The Morgan fingerprint density at radius 3 is 2.29 bits per heavy atom. The van der Waals surface area contributed by atoms with Gasteiger partial charge in [-0.2, -0.15) is 9.37 Å². The van der Waals surface area contributed by atoms with E-state index in [1.807, 2.05) is 0 Å². The highest BCUT2D eigenvalue weighted by atomic mass is 35.5. The minimum Gasteiger partial charge on any atom is -0.422 e. The normalized spacial score (nSPS) is 10.6. The van der Waals surface area contributed by atoms with E-state index in [1.165, 1.54) is 38.4 Å². The van der Waals surface area contributed by atoms with Gasteiger partial charge in [-0.1, -0.05) is 11.6 Å². The molecule has 0 atom stereocenters. The molecule has 1 aromatic heterocycles. The van der Waals surface area contributed by atoms with Crippen molar-refractivity contribution in [2.45, 2.75) is 0 Å². The molecule has 2 aromatic carbocycles. The molecule has 0 saturated heterocycles. The number of aromatic nitrogens is 2. The Balaban J connectivity index is 2.24. The summed E-state index contributed by atoms with van der Waals surface area (Å²) in [5, 5.41) is 5.88. The predicted octanol–water partition coefficient (Wildman–Crippen LogP) is 4.18. The predicted molar refractivity (Wildman–Crippen MR) is 100 cm³/mol. The van der Waals surface area contributed by atoms with E-state index < -0.39 is 28.8 Å². The third-order valence-electron chi connectivity index (χ3n) is 3.83. The molecule has 3 aromatic rings. The Morgan fingerprint density at radius 1 is 1.00 bits per heavy atom. The van der Waals surface area contributed by atoms with E-state index in [2.05, 4.69) is 15.6 Å². The highest BCUT2D eigenvalue weighted by Gasteiger charge is 2.21. The molecule has 0 aliphatic carbocycles. The van der Waals surface area contributed by atoms with Gasteiger partial charge in [-0.15, -0.1) is 0 Å². The third-order valence-corrected chi connectivity index (χ3v) is 4.08. The van der Waals surface area contributed by atoms with Crippen LogP contribution >= 0.6 is 11.6 Å². The van der Waals surface area contributed by atoms with Crippen LogP contribution in [0.25, 0.3) is 5.69 Å².